The maximum atomic E-state index is 12.6. The summed E-state index contributed by atoms with van der Waals surface area (Å²) in [7, 11) is 0. The molecule has 4 N–H and O–H groups in total. The van der Waals surface area contributed by atoms with Gasteiger partial charge in [0.1, 0.15) is 17.4 Å². The first-order valence-corrected chi connectivity index (χ1v) is 11.1. The van der Waals surface area contributed by atoms with E-state index in [0.29, 0.717) is 29.5 Å². The number of nitrogen functional groups attached to an aromatic ring is 1. The fraction of sp³-hybridized carbons (Fsp3) is 0.0833. The van der Waals surface area contributed by atoms with Gasteiger partial charge in [0.05, 0.1) is 12.1 Å². The number of nitrogens with two attached hydrogens (primary N) is 1. The summed E-state index contributed by atoms with van der Waals surface area (Å²) in [5.74, 6) is 1.25. The first kappa shape index (κ1) is 21.7. The number of anilines is 2. The van der Waals surface area contributed by atoms with Crippen LogP contribution in [0.5, 0.6) is 10.8 Å². The van der Waals surface area contributed by atoms with E-state index in [1.807, 2.05) is 66.7 Å². The zero-order valence-electron chi connectivity index (χ0n) is 17.0. The molecule has 0 aliphatic rings. The molecule has 0 bridgehead atoms. The highest BCUT2D eigenvalue weighted by Gasteiger charge is 2.12. The van der Waals surface area contributed by atoms with Crippen molar-refractivity contribution in [3.8, 4) is 10.8 Å². The molecule has 0 aliphatic carbocycles. The number of halogens is 1. The van der Waals surface area contributed by atoms with E-state index in [1.54, 1.807) is 12.1 Å². The summed E-state index contributed by atoms with van der Waals surface area (Å²) in [6, 6.07) is 24.3. The summed E-state index contributed by atoms with van der Waals surface area (Å²) in [4.78, 5) is 17.8. The monoisotopic (exact) mass is 464 g/mol. The van der Waals surface area contributed by atoms with Gasteiger partial charge in [-0.05, 0) is 54.1 Å². The van der Waals surface area contributed by atoms with E-state index in [9.17, 15) is 4.79 Å². The molecule has 2 heterocycles. The highest BCUT2D eigenvalue weighted by atomic mass is 35.5. The molecule has 4 aromatic rings. The minimum absolute atomic E-state index is 0.169. The van der Waals surface area contributed by atoms with Gasteiger partial charge in [-0.25, -0.2) is 4.98 Å². The number of carbonyl (C=O) groups excluding carboxylic acids is 1. The lowest BCUT2D eigenvalue weighted by Gasteiger charge is -2.10. The number of nitrogens with one attached hydrogen (secondary N) is 2. The Balaban J connectivity index is 1.31. The predicted octanol–water partition coefficient (Wildman–Crippen LogP) is 5.71. The summed E-state index contributed by atoms with van der Waals surface area (Å²) >= 11 is 7.38. The van der Waals surface area contributed by atoms with Crippen LogP contribution in [0.2, 0.25) is 5.02 Å². The number of hydrogen-bond acceptors (Lipinski definition) is 6. The molecule has 0 unspecified atom stereocenters. The van der Waals surface area contributed by atoms with Gasteiger partial charge in [-0.15, -0.1) is 11.3 Å². The van der Waals surface area contributed by atoms with Crippen molar-refractivity contribution in [3.05, 3.63) is 99.9 Å². The summed E-state index contributed by atoms with van der Waals surface area (Å²) < 4.78 is 5.81. The van der Waals surface area contributed by atoms with Crippen LogP contribution in [0.25, 0.3) is 0 Å². The number of aromatic nitrogens is 1. The summed E-state index contributed by atoms with van der Waals surface area (Å²) in [6.07, 6.45) is 0. The number of thiophene rings is 1. The number of carbonyl (C=O) groups is 1. The van der Waals surface area contributed by atoms with Gasteiger partial charge in [-0.2, -0.15) is 0 Å². The van der Waals surface area contributed by atoms with Crippen LogP contribution < -0.4 is 21.1 Å². The normalized spacial score (nSPS) is 10.5. The van der Waals surface area contributed by atoms with Crippen molar-refractivity contribution in [2.75, 3.05) is 11.1 Å². The van der Waals surface area contributed by atoms with Gasteiger partial charge in [0.15, 0.2) is 5.06 Å². The lowest BCUT2D eigenvalue weighted by Crippen LogP contribution is -2.24. The number of nitrogens with zero attached hydrogens (tertiary/aromatic N) is 1. The SMILES string of the molecule is Nc1nc(NCc2ccc(Cl)cc2)ccc1C(=O)NCc1ccc(Oc2ccccc2)s1. The molecule has 2 aromatic carbocycles. The van der Waals surface area contributed by atoms with E-state index >= 15 is 0 Å². The Bertz CT molecular complexity index is 1200. The van der Waals surface area contributed by atoms with Crippen LogP contribution in [-0.2, 0) is 13.1 Å². The lowest BCUT2D eigenvalue weighted by atomic mass is 10.2. The van der Waals surface area contributed by atoms with Gasteiger partial charge in [0.2, 0.25) is 0 Å². The molecule has 8 heteroatoms. The smallest absolute Gasteiger partial charge is 0.255 e. The number of benzene rings is 2. The average Bonchev–Trinajstić information content (AvgIpc) is 3.25. The Kier molecular flexibility index (Phi) is 6.89. The van der Waals surface area contributed by atoms with E-state index in [2.05, 4.69) is 15.6 Å². The van der Waals surface area contributed by atoms with Crippen molar-refractivity contribution in [1.82, 2.24) is 10.3 Å². The molecule has 0 radical (unpaired) electrons. The van der Waals surface area contributed by atoms with Crippen LogP contribution in [0.1, 0.15) is 20.8 Å². The molecule has 6 nitrogen and oxygen atoms in total. The molecule has 0 aliphatic heterocycles. The molecule has 162 valence electrons. The van der Waals surface area contributed by atoms with Gasteiger partial charge < -0.3 is 21.1 Å². The van der Waals surface area contributed by atoms with Crippen molar-refractivity contribution in [1.29, 1.82) is 0 Å². The molecule has 0 saturated heterocycles. The van der Waals surface area contributed by atoms with Gasteiger partial charge in [0, 0.05) is 16.4 Å². The first-order chi connectivity index (χ1) is 15.6. The second-order valence-corrected chi connectivity index (χ2v) is 8.50. The largest absolute Gasteiger partial charge is 0.447 e. The Morgan fingerprint density at radius 2 is 1.75 bits per heavy atom. The number of rotatable bonds is 8. The molecule has 2 aromatic heterocycles. The number of pyridine rings is 1. The van der Waals surface area contributed by atoms with Crippen molar-refractivity contribution in [2.24, 2.45) is 0 Å². The molecular formula is C24H21ClN4O2S. The summed E-state index contributed by atoms with van der Waals surface area (Å²) in [6.45, 7) is 0.943. The average molecular weight is 465 g/mol. The number of ether oxygens (including phenoxy) is 1. The van der Waals surface area contributed by atoms with Crippen molar-refractivity contribution in [3.63, 3.8) is 0 Å². The van der Waals surface area contributed by atoms with Crippen LogP contribution in [0.4, 0.5) is 11.6 Å². The number of para-hydroxylation sites is 1. The van der Waals surface area contributed by atoms with E-state index in [4.69, 9.17) is 22.1 Å². The Morgan fingerprint density at radius 3 is 2.50 bits per heavy atom. The molecule has 0 spiro atoms. The van der Waals surface area contributed by atoms with E-state index in [-0.39, 0.29) is 11.7 Å². The van der Waals surface area contributed by atoms with Crippen molar-refractivity contribution < 1.29 is 9.53 Å². The Labute approximate surface area is 195 Å². The minimum atomic E-state index is -0.279. The fourth-order valence-corrected chi connectivity index (χ4v) is 3.87. The van der Waals surface area contributed by atoms with E-state index in [0.717, 1.165) is 21.3 Å². The van der Waals surface area contributed by atoms with E-state index < -0.39 is 0 Å². The van der Waals surface area contributed by atoms with Crippen LogP contribution >= 0.6 is 22.9 Å². The maximum Gasteiger partial charge on any atom is 0.255 e. The third kappa shape index (κ3) is 5.78. The van der Waals surface area contributed by atoms with Gasteiger partial charge >= 0.3 is 0 Å². The molecule has 32 heavy (non-hydrogen) atoms. The molecule has 4 rings (SSSR count). The van der Waals surface area contributed by atoms with Crippen molar-refractivity contribution in [2.45, 2.75) is 13.1 Å². The highest BCUT2D eigenvalue weighted by molar-refractivity contribution is 7.13. The zero-order valence-corrected chi connectivity index (χ0v) is 18.6. The highest BCUT2D eigenvalue weighted by Crippen LogP contribution is 2.29. The topological polar surface area (TPSA) is 89.3 Å². The van der Waals surface area contributed by atoms with Crippen molar-refractivity contribution >= 4 is 40.5 Å². The van der Waals surface area contributed by atoms with Gasteiger partial charge in [-0.3, -0.25) is 4.79 Å². The molecule has 0 fully saturated rings. The molecule has 0 saturated carbocycles. The van der Waals surface area contributed by atoms with E-state index in [1.165, 1.54) is 11.3 Å². The third-order valence-corrected chi connectivity index (χ3v) is 5.79. The van der Waals surface area contributed by atoms with Crippen LogP contribution in [-0.4, -0.2) is 10.9 Å². The first-order valence-electron chi connectivity index (χ1n) is 9.91. The number of hydrogen-bond donors (Lipinski definition) is 3. The Hall–Kier alpha value is -3.55. The zero-order chi connectivity index (χ0) is 22.3. The predicted molar refractivity (Wildman–Crippen MR) is 129 cm³/mol. The number of amides is 1. The molecule has 0 atom stereocenters. The fourth-order valence-electron chi connectivity index (χ4n) is 2.94. The van der Waals surface area contributed by atoms with Crippen LogP contribution in [0.15, 0.2) is 78.9 Å². The molecular weight excluding hydrogens is 444 g/mol. The maximum absolute atomic E-state index is 12.6. The lowest BCUT2D eigenvalue weighted by molar-refractivity contribution is 0.0952. The quantitative estimate of drug-likeness (QED) is 0.310. The third-order valence-electron chi connectivity index (χ3n) is 4.58. The van der Waals surface area contributed by atoms with Gasteiger partial charge in [0.25, 0.3) is 5.91 Å². The summed E-state index contributed by atoms with van der Waals surface area (Å²) in [5.41, 5.74) is 7.41. The second kappa shape index (κ2) is 10.2. The van der Waals surface area contributed by atoms with Crippen LogP contribution in [0.3, 0.4) is 0 Å². The van der Waals surface area contributed by atoms with Gasteiger partial charge in [-0.1, -0.05) is 41.9 Å². The minimum Gasteiger partial charge on any atom is -0.447 e. The Morgan fingerprint density at radius 1 is 0.969 bits per heavy atom. The summed E-state index contributed by atoms with van der Waals surface area (Å²) in [5, 5.41) is 7.52. The molecule has 1 amide bonds. The standard InChI is InChI=1S/C24H21ClN4O2S/c25-17-8-6-16(7-9-17)14-27-21-12-11-20(23(26)29-21)24(30)28-15-19-10-13-22(32-19)31-18-4-2-1-3-5-18/h1-13H,14-15H2,(H,28,30)(H3,26,27,29). The van der Waals surface area contributed by atoms with Crippen LogP contribution in [0, 0.1) is 0 Å². The second-order valence-electron chi connectivity index (χ2n) is 6.93.